The molecule has 1 rings (SSSR count). The summed E-state index contributed by atoms with van der Waals surface area (Å²) in [5.74, 6) is 0.211. The molecular weight excluding hydrogens is 104 g/mol. The molecule has 0 aliphatic carbocycles. The summed E-state index contributed by atoms with van der Waals surface area (Å²) in [6.07, 6.45) is 3.00. The summed E-state index contributed by atoms with van der Waals surface area (Å²) in [5.41, 5.74) is 0. The fourth-order valence-corrected chi connectivity index (χ4v) is 0.354. The van der Waals surface area contributed by atoms with E-state index in [0.29, 0.717) is 0 Å². The third kappa shape index (κ3) is 1.57. The number of aromatic nitrogens is 1. The van der Waals surface area contributed by atoms with Crippen LogP contribution >= 0.6 is 0 Å². The van der Waals surface area contributed by atoms with Crippen molar-refractivity contribution < 1.29 is 5.11 Å². The van der Waals surface area contributed by atoms with Crippen molar-refractivity contribution in [3.8, 4) is 5.75 Å². The van der Waals surface area contributed by atoms with Crippen molar-refractivity contribution in [1.29, 1.82) is 0 Å². The molecule has 0 aliphatic rings. The predicted octanol–water partition coefficient (Wildman–Crippen LogP) is 0.307. The van der Waals surface area contributed by atoms with E-state index in [1.165, 1.54) is 6.20 Å². The van der Waals surface area contributed by atoms with Crippen molar-refractivity contribution in [1.82, 2.24) is 11.1 Å². The Kier molecular flexibility index (Phi) is 2.58. The highest BCUT2D eigenvalue weighted by atomic mass is 16.3. The SMILES string of the molecule is Oc1cccnc1.[N]. The summed E-state index contributed by atoms with van der Waals surface area (Å²) in [6, 6.07) is 3.25. The third-order valence-corrected chi connectivity index (χ3v) is 0.646. The van der Waals surface area contributed by atoms with Gasteiger partial charge in [-0.25, -0.2) is 0 Å². The van der Waals surface area contributed by atoms with Crippen LogP contribution in [-0.4, -0.2) is 10.1 Å². The van der Waals surface area contributed by atoms with Crippen LogP contribution < -0.4 is 6.15 Å². The molecule has 0 aliphatic heterocycles. The Balaban J connectivity index is 0.000000490. The van der Waals surface area contributed by atoms with Crippen LogP contribution in [0.15, 0.2) is 24.5 Å². The van der Waals surface area contributed by atoms with E-state index in [1.807, 2.05) is 0 Å². The Hall–Kier alpha value is -1.09. The van der Waals surface area contributed by atoms with Gasteiger partial charge in [0.05, 0.1) is 6.20 Å². The average Bonchev–Trinajstić information content (AvgIpc) is 1.69. The summed E-state index contributed by atoms with van der Waals surface area (Å²) in [6.45, 7) is 0. The number of hydrogen-bond acceptors (Lipinski definition) is 2. The van der Waals surface area contributed by atoms with Gasteiger partial charge >= 0.3 is 0 Å². The summed E-state index contributed by atoms with van der Waals surface area (Å²) >= 11 is 0. The number of hydrogen-bond donors (Lipinski definition) is 1. The van der Waals surface area contributed by atoms with E-state index in [1.54, 1.807) is 18.3 Å². The molecule has 3 heteroatoms. The molecule has 0 spiro atoms. The van der Waals surface area contributed by atoms with Crippen LogP contribution in [0.1, 0.15) is 0 Å². The van der Waals surface area contributed by atoms with Crippen molar-refractivity contribution >= 4 is 0 Å². The highest BCUT2D eigenvalue weighted by Gasteiger charge is 1.76. The molecule has 0 bridgehead atoms. The van der Waals surface area contributed by atoms with Gasteiger partial charge in [0.1, 0.15) is 5.75 Å². The van der Waals surface area contributed by atoms with Crippen molar-refractivity contribution in [2.24, 2.45) is 0 Å². The molecule has 1 heterocycles. The monoisotopic (exact) mass is 109 g/mol. The lowest BCUT2D eigenvalue weighted by molar-refractivity contribution is 0.472. The summed E-state index contributed by atoms with van der Waals surface area (Å²) < 4.78 is 0. The fourth-order valence-electron chi connectivity index (χ4n) is 0.354. The lowest BCUT2D eigenvalue weighted by atomic mass is 10.5. The lowest BCUT2D eigenvalue weighted by Gasteiger charge is -1.81. The van der Waals surface area contributed by atoms with Crippen LogP contribution in [0.3, 0.4) is 0 Å². The average molecular weight is 109 g/mol. The van der Waals surface area contributed by atoms with Gasteiger partial charge in [0.15, 0.2) is 0 Å². The van der Waals surface area contributed by atoms with E-state index in [0.717, 1.165) is 0 Å². The second-order valence-corrected chi connectivity index (χ2v) is 1.21. The maximum absolute atomic E-state index is 8.57. The standard InChI is InChI=1S/C5H5NO.N/c7-5-2-1-3-6-4-5;/h1-4,7H;. The van der Waals surface area contributed by atoms with E-state index < -0.39 is 0 Å². The van der Waals surface area contributed by atoms with Crippen molar-refractivity contribution in [2.45, 2.75) is 0 Å². The molecule has 0 unspecified atom stereocenters. The second-order valence-electron chi connectivity index (χ2n) is 1.21. The second kappa shape index (κ2) is 2.98. The molecule has 0 fully saturated rings. The van der Waals surface area contributed by atoms with E-state index in [4.69, 9.17) is 5.11 Å². The first kappa shape index (κ1) is 6.91. The predicted molar refractivity (Wildman–Crippen MR) is 28.0 cm³/mol. The highest BCUT2D eigenvalue weighted by molar-refractivity contribution is 5.12. The summed E-state index contributed by atoms with van der Waals surface area (Å²) in [5, 5.41) is 8.57. The lowest BCUT2D eigenvalue weighted by Crippen LogP contribution is -1.64. The van der Waals surface area contributed by atoms with E-state index in [-0.39, 0.29) is 11.9 Å². The third-order valence-electron chi connectivity index (χ3n) is 0.646. The molecular formula is C5H5N2O. The van der Waals surface area contributed by atoms with Gasteiger partial charge in [0, 0.05) is 12.3 Å². The summed E-state index contributed by atoms with van der Waals surface area (Å²) in [4.78, 5) is 3.63. The maximum Gasteiger partial charge on any atom is 0.133 e. The minimum absolute atomic E-state index is 0. The fraction of sp³-hybridized carbons (Fsp3) is 0. The molecule has 1 aromatic heterocycles. The Labute approximate surface area is 47.6 Å². The minimum atomic E-state index is 0. The maximum atomic E-state index is 8.57. The smallest absolute Gasteiger partial charge is 0.133 e. The van der Waals surface area contributed by atoms with Gasteiger partial charge in [-0.15, -0.1) is 0 Å². The minimum Gasteiger partial charge on any atom is -0.506 e. The zero-order valence-corrected chi connectivity index (χ0v) is 4.15. The van der Waals surface area contributed by atoms with Crippen LogP contribution in [0.5, 0.6) is 5.75 Å². The molecule has 41 valence electrons. The van der Waals surface area contributed by atoms with E-state index in [2.05, 4.69) is 4.98 Å². The number of aromatic hydroxyl groups is 1. The molecule has 0 aromatic carbocycles. The zero-order chi connectivity index (χ0) is 5.11. The van der Waals surface area contributed by atoms with Gasteiger partial charge in [-0.05, 0) is 12.1 Å². The number of nitrogens with zero attached hydrogens (tertiary/aromatic N) is 2. The van der Waals surface area contributed by atoms with Gasteiger partial charge in [0.25, 0.3) is 0 Å². The summed E-state index contributed by atoms with van der Waals surface area (Å²) in [7, 11) is 0. The normalized spacial score (nSPS) is 7.50. The van der Waals surface area contributed by atoms with Crippen LogP contribution in [0.25, 0.3) is 0 Å². The topological polar surface area (TPSA) is 63.6 Å². The zero-order valence-electron chi connectivity index (χ0n) is 4.15. The van der Waals surface area contributed by atoms with Gasteiger partial charge in [-0.2, -0.15) is 0 Å². The van der Waals surface area contributed by atoms with Crippen molar-refractivity contribution in [3.05, 3.63) is 24.5 Å². The molecule has 8 heavy (non-hydrogen) atoms. The van der Waals surface area contributed by atoms with Crippen LogP contribution in [-0.2, 0) is 0 Å². The van der Waals surface area contributed by atoms with E-state index >= 15 is 0 Å². The molecule has 3 radical (unpaired) electrons. The quantitative estimate of drug-likeness (QED) is 0.521. The first-order chi connectivity index (χ1) is 3.39. The molecule has 1 N–H and O–H groups in total. The van der Waals surface area contributed by atoms with Gasteiger partial charge in [-0.3, -0.25) is 4.98 Å². The Morgan fingerprint density at radius 1 is 1.50 bits per heavy atom. The number of rotatable bonds is 0. The molecule has 0 saturated heterocycles. The Morgan fingerprint density at radius 2 is 2.25 bits per heavy atom. The Morgan fingerprint density at radius 3 is 2.50 bits per heavy atom. The van der Waals surface area contributed by atoms with Crippen molar-refractivity contribution in [2.75, 3.05) is 0 Å². The first-order valence-corrected chi connectivity index (χ1v) is 1.98. The Bertz CT molecular complexity index is 140. The van der Waals surface area contributed by atoms with Gasteiger partial charge in [0.2, 0.25) is 0 Å². The first-order valence-electron chi connectivity index (χ1n) is 1.98. The number of pyridine rings is 1. The molecule has 0 atom stereocenters. The van der Waals surface area contributed by atoms with Crippen LogP contribution in [0, 0.1) is 0 Å². The van der Waals surface area contributed by atoms with Gasteiger partial charge < -0.3 is 5.11 Å². The molecule has 3 nitrogen and oxygen atoms in total. The molecule has 0 amide bonds. The molecule has 1 aromatic rings. The van der Waals surface area contributed by atoms with Crippen LogP contribution in [0.4, 0.5) is 0 Å². The highest BCUT2D eigenvalue weighted by Crippen LogP contribution is 1.99. The van der Waals surface area contributed by atoms with Crippen molar-refractivity contribution in [3.63, 3.8) is 0 Å². The van der Waals surface area contributed by atoms with Crippen LogP contribution in [0.2, 0.25) is 0 Å². The van der Waals surface area contributed by atoms with Gasteiger partial charge in [-0.1, -0.05) is 0 Å². The largest absolute Gasteiger partial charge is 0.506 e. The molecule has 0 saturated carbocycles. The van der Waals surface area contributed by atoms with E-state index in [9.17, 15) is 0 Å².